The van der Waals surface area contributed by atoms with Gasteiger partial charge < -0.3 is 5.32 Å². The van der Waals surface area contributed by atoms with Crippen LogP contribution in [0, 0.1) is 0 Å². The summed E-state index contributed by atoms with van der Waals surface area (Å²) in [6.07, 6.45) is 6.70. The van der Waals surface area contributed by atoms with Crippen LogP contribution in [0.1, 0.15) is 38.2 Å². The van der Waals surface area contributed by atoms with Gasteiger partial charge in [0, 0.05) is 29.4 Å². The normalized spacial score (nSPS) is 18.1. The second-order valence-corrected chi connectivity index (χ2v) is 9.34. The predicted octanol–water partition coefficient (Wildman–Crippen LogP) is 4.95. The number of carbonyl (C=O) groups is 1. The highest BCUT2D eigenvalue weighted by molar-refractivity contribution is 7.89. The second kappa shape index (κ2) is 9.57. The fourth-order valence-electron chi connectivity index (χ4n) is 3.50. The molecule has 0 aromatic heterocycles. The van der Waals surface area contributed by atoms with Crippen molar-refractivity contribution in [2.24, 2.45) is 0 Å². The van der Waals surface area contributed by atoms with Gasteiger partial charge in [-0.15, -0.1) is 0 Å². The topological polar surface area (TPSA) is 66.5 Å². The van der Waals surface area contributed by atoms with Gasteiger partial charge in [0.05, 0.1) is 4.90 Å². The summed E-state index contributed by atoms with van der Waals surface area (Å²) >= 11 is 6.07. The van der Waals surface area contributed by atoms with Crippen LogP contribution < -0.4 is 5.32 Å². The zero-order chi connectivity index (χ0) is 20.9. The molecule has 2 aromatic rings. The van der Waals surface area contributed by atoms with Gasteiger partial charge in [-0.1, -0.05) is 43.1 Å². The van der Waals surface area contributed by atoms with Crippen molar-refractivity contribution in [3.05, 3.63) is 65.2 Å². The number of sulfonamides is 1. The molecule has 154 valence electrons. The Kier molecular flexibility index (Phi) is 7.11. The number of hydrogen-bond acceptors (Lipinski definition) is 3. The van der Waals surface area contributed by atoms with Crippen LogP contribution in [0.2, 0.25) is 5.02 Å². The Morgan fingerprint density at radius 1 is 1.17 bits per heavy atom. The van der Waals surface area contributed by atoms with Crippen molar-refractivity contribution in [3.8, 4) is 0 Å². The maximum absolute atomic E-state index is 13.0. The minimum Gasteiger partial charge on any atom is -0.323 e. The number of amides is 1. The van der Waals surface area contributed by atoms with Crippen LogP contribution in [-0.4, -0.2) is 31.2 Å². The van der Waals surface area contributed by atoms with E-state index in [2.05, 4.69) is 5.32 Å². The van der Waals surface area contributed by atoms with Crippen LogP contribution in [0.4, 0.5) is 5.69 Å². The first-order valence-corrected chi connectivity index (χ1v) is 11.6. The van der Waals surface area contributed by atoms with Crippen LogP contribution in [0.3, 0.4) is 0 Å². The quantitative estimate of drug-likeness (QED) is 0.657. The van der Waals surface area contributed by atoms with E-state index in [-0.39, 0.29) is 16.8 Å². The molecule has 0 radical (unpaired) electrons. The Morgan fingerprint density at radius 2 is 1.90 bits per heavy atom. The number of carbonyl (C=O) groups excluding carboxylic acids is 1. The molecular formula is C22H25ClN2O3S. The largest absolute Gasteiger partial charge is 0.323 e. The minimum absolute atomic E-state index is 0.0584. The summed E-state index contributed by atoms with van der Waals surface area (Å²) in [5, 5.41) is 3.30. The molecule has 3 rings (SSSR count). The van der Waals surface area contributed by atoms with E-state index in [4.69, 9.17) is 11.6 Å². The van der Waals surface area contributed by atoms with E-state index in [0.717, 1.165) is 31.2 Å². The highest BCUT2D eigenvalue weighted by Gasteiger charge is 2.32. The number of rotatable bonds is 6. The van der Waals surface area contributed by atoms with Crippen LogP contribution >= 0.6 is 11.6 Å². The number of hydrogen-bond donors (Lipinski definition) is 1. The van der Waals surface area contributed by atoms with Crippen molar-refractivity contribution >= 4 is 39.3 Å². The molecule has 0 saturated carbocycles. The monoisotopic (exact) mass is 432 g/mol. The Hall–Kier alpha value is -2.15. The Labute approximate surface area is 177 Å². The third-order valence-corrected chi connectivity index (χ3v) is 7.40. The van der Waals surface area contributed by atoms with Crippen molar-refractivity contribution in [2.75, 3.05) is 11.9 Å². The van der Waals surface area contributed by atoms with Crippen LogP contribution in [0.5, 0.6) is 0 Å². The lowest BCUT2D eigenvalue weighted by Gasteiger charge is -2.34. The molecule has 5 nitrogen and oxygen atoms in total. The van der Waals surface area contributed by atoms with Crippen molar-refractivity contribution in [2.45, 2.75) is 43.5 Å². The number of benzene rings is 2. The molecule has 1 fully saturated rings. The minimum atomic E-state index is -3.53. The molecule has 7 heteroatoms. The zero-order valence-electron chi connectivity index (χ0n) is 16.3. The molecule has 2 aromatic carbocycles. The number of halogens is 1. The van der Waals surface area contributed by atoms with E-state index in [1.807, 2.05) is 25.1 Å². The fourth-order valence-corrected chi connectivity index (χ4v) is 5.47. The SMILES string of the molecule is CC[C@H]1CCCCN1S(=O)(=O)c1ccc(NC(=O)/C=C/c2ccccc2Cl)cc1. The van der Waals surface area contributed by atoms with E-state index in [1.165, 1.54) is 6.08 Å². The first kappa shape index (κ1) is 21.6. The van der Waals surface area contributed by atoms with Gasteiger partial charge in [0.15, 0.2) is 0 Å². The van der Waals surface area contributed by atoms with Gasteiger partial charge in [-0.2, -0.15) is 4.31 Å². The maximum atomic E-state index is 13.0. The molecule has 0 aliphatic carbocycles. The third-order valence-electron chi connectivity index (χ3n) is 5.09. The average molecular weight is 433 g/mol. The summed E-state index contributed by atoms with van der Waals surface area (Å²) < 4.78 is 27.6. The molecule has 0 bridgehead atoms. The Balaban J connectivity index is 1.68. The molecular weight excluding hydrogens is 408 g/mol. The number of piperidine rings is 1. The summed E-state index contributed by atoms with van der Waals surface area (Å²) in [5.74, 6) is -0.317. The molecule has 1 aliphatic heterocycles. The lowest BCUT2D eigenvalue weighted by atomic mass is 10.0. The Morgan fingerprint density at radius 3 is 2.59 bits per heavy atom. The Bertz CT molecular complexity index is 987. The van der Waals surface area contributed by atoms with Gasteiger partial charge in [0.25, 0.3) is 0 Å². The fraction of sp³-hybridized carbons (Fsp3) is 0.318. The molecule has 1 N–H and O–H groups in total. The maximum Gasteiger partial charge on any atom is 0.248 e. The van der Waals surface area contributed by atoms with Crippen LogP contribution in [-0.2, 0) is 14.8 Å². The third kappa shape index (κ3) is 5.26. The summed E-state index contributed by atoms with van der Waals surface area (Å²) in [4.78, 5) is 12.4. The average Bonchev–Trinajstić information content (AvgIpc) is 2.73. The zero-order valence-corrected chi connectivity index (χ0v) is 17.9. The van der Waals surface area contributed by atoms with E-state index < -0.39 is 10.0 Å². The van der Waals surface area contributed by atoms with Gasteiger partial charge in [-0.3, -0.25) is 4.79 Å². The first-order chi connectivity index (χ1) is 13.9. The number of nitrogens with one attached hydrogen (secondary N) is 1. The first-order valence-electron chi connectivity index (χ1n) is 9.77. The molecule has 1 aliphatic rings. The van der Waals surface area contributed by atoms with Gasteiger partial charge in [0.2, 0.25) is 15.9 Å². The highest BCUT2D eigenvalue weighted by atomic mass is 35.5. The van der Waals surface area contributed by atoms with Crippen molar-refractivity contribution < 1.29 is 13.2 Å². The van der Waals surface area contributed by atoms with Crippen LogP contribution in [0.15, 0.2) is 59.5 Å². The molecule has 1 heterocycles. The second-order valence-electron chi connectivity index (χ2n) is 7.04. The standard InChI is InChI=1S/C22H25ClN2O3S/c1-2-19-8-5-6-16-25(19)29(27,28)20-13-11-18(12-14-20)24-22(26)15-10-17-7-3-4-9-21(17)23/h3-4,7,9-15,19H,2,5-6,8,16H2,1H3,(H,24,26)/b15-10+/t19-/m0/s1. The predicted molar refractivity (Wildman–Crippen MR) is 117 cm³/mol. The van der Waals surface area contributed by atoms with E-state index in [1.54, 1.807) is 40.7 Å². The number of anilines is 1. The molecule has 1 saturated heterocycles. The van der Waals surface area contributed by atoms with E-state index >= 15 is 0 Å². The molecule has 29 heavy (non-hydrogen) atoms. The molecule has 1 amide bonds. The summed E-state index contributed by atoms with van der Waals surface area (Å²) in [7, 11) is -3.53. The van der Waals surface area contributed by atoms with E-state index in [9.17, 15) is 13.2 Å². The summed E-state index contributed by atoms with van der Waals surface area (Å²) in [6.45, 7) is 2.58. The van der Waals surface area contributed by atoms with Crippen molar-refractivity contribution in [3.63, 3.8) is 0 Å². The van der Waals surface area contributed by atoms with Gasteiger partial charge in [0.1, 0.15) is 0 Å². The summed E-state index contributed by atoms with van der Waals surface area (Å²) in [5.41, 5.74) is 1.28. The van der Waals surface area contributed by atoms with Gasteiger partial charge >= 0.3 is 0 Å². The summed E-state index contributed by atoms with van der Waals surface area (Å²) in [6, 6.07) is 13.6. The van der Waals surface area contributed by atoms with Gasteiger partial charge in [-0.25, -0.2) is 8.42 Å². The smallest absolute Gasteiger partial charge is 0.248 e. The highest BCUT2D eigenvalue weighted by Crippen LogP contribution is 2.27. The lowest BCUT2D eigenvalue weighted by Crippen LogP contribution is -2.43. The molecule has 0 unspecified atom stereocenters. The van der Waals surface area contributed by atoms with Crippen LogP contribution in [0.25, 0.3) is 6.08 Å². The van der Waals surface area contributed by atoms with Gasteiger partial charge in [-0.05, 0) is 61.2 Å². The lowest BCUT2D eigenvalue weighted by molar-refractivity contribution is -0.111. The molecule has 0 spiro atoms. The van der Waals surface area contributed by atoms with Crippen molar-refractivity contribution in [1.82, 2.24) is 4.31 Å². The van der Waals surface area contributed by atoms with E-state index in [0.29, 0.717) is 17.3 Å². The molecule has 1 atom stereocenters. The van der Waals surface area contributed by atoms with Crippen molar-refractivity contribution in [1.29, 1.82) is 0 Å². The number of nitrogens with zero attached hydrogens (tertiary/aromatic N) is 1.